The van der Waals surface area contributed by atoms with Crippen LogP contribution in [0.25, 0.3) is 0 Å². The molecule has 1 heterocycles. The highest BCUT2D eigenvalue weighted by Crippen LogP contribution is 2.30. The molecule has 2 rings (SSSR count). The molecule has 0 spiro atoms. The van der Waals surface area contributed by atoms with Gasteiger partial charge in [0.15, 0.2) is 0 Å². The predicted octanol–water partition coefficient (Wildman–Crippen LogP) is 3.70. The molecule has 0 aromatic carbocycles. The zero-order chi connectivity index (χ0) is 11.9. The summed E-state index contributed by atoms with van der Waals surface area (Å²) < 4.78 is 0. The highest BCUT2D eigenvalue weighted by molar-refractivity contribution is 5.13. The maximum Gasteiger partial charge on any atom is 0.0332 e. The van der Waals surface area contributed by atoms with Crippen molar-refractivity contribution in [1.82, 2.24) is 10.3 Å². The van der Waals surface area contributed by atoms with Gasteiger partial charge in [-0.25, -0.2) is 0 Å². The average molecular weight is 232 g/mol. The van der Waals surface area contributed by atoms with Gasteiger partial charge in [0.05, 0.1) is 0 Å². The van der Waals surface area contributed by atoms with Crippen molar-refractivity contribution < 1.29 is 0 Å². The molecule has 17 heavy (non-hydrogen) atoms. The summed E-state index contributed by atoms with van der Waals surface area (Å²) in [6.07, 6.45) is 13.7. The number of rotatable bonds is 5. The molecule has 1 unspecified atom stereocenters. The van der Waals surface area contributed by atoms with Crippen molar-refractivity contribution in [1.29, 1.82) is 0 Å². The molecule has 0 aliphatic heterocycles. The van der Waals surface area contributed by atoms with E-state index in [0.717, 1.165) is 5.92 Å². The van der Waals surface area contributed by atoms with Crippen LogP contribution in [0.3, 0.4) is 0 Å². The van der Waals surface area contributed by atoms with E-state index in [0.29, 0.717) is 6.04 Å². The molecule has 0 amide bonds. The van der Waals surface area contributed by atoms with Crippen molar-refractivity contribution in [2.24, 2.45) is 5.92 Å². The van der Waals surface area contributed by atoms with Crippen LogP contribution in [0.4, 0.5) is 0 Å². The molecular weight excluding hydrogens is 208 g/mol. The molecule has 1 atom stereocenters. The predicted molar refractivity (Wildman–Crippen MR) is 71.8 cm³/mol. The SMILES string of the molecule is CNC(CCC1CCCCC1)c1cccnc1. The maximum absolute atomic E-state index is 4.21. The van der Waals surface area contributed by atoms with Crippen LogP contribution in [0.15, 0.2) is 24.5 Å². The second-order valence-electron chi connectivity index (χ2n) is 5.21. The minimum Gasteiger partial charge on any atom is -0.313 e. The van der Waals surface area contributed by atoms with E-state index < -0.39 is 0 Å². The van der Waals surface area contributed by atoms with E-state index in [4.69, 9.17) is 0 Å². The fourth-order valence-corrected chi connectivity index (χ4v) is 2.94. The molecular formula is C15H24N2. The van der Waals surface area contributed by atoms with Gasteiger partial charge in [-0.15, -0.1) is 0 Å². The Hall–Kier alpha value is -0.890. The third kappa shape index (κ3) is 3.81. The Kier molecular flexibility index (Phi) is 4.99. The zero-order valence-electron chi connectivity index (χ0n) is 10.9. The van der Waals surface area contributed by atoms with Crippen LogP contribution in [0.2, 0.25) is 0 Å². The minimum atomic E-state index is 0.477. The van der Waals surface area contributed by atoms with Crippen LogP contribution in [0.5, 0.6) is 0 Å². The summed E-state index contributed by atoms with van der Waals surface area (Å²) in [7, 11) is 2.05. The first-order chi connectivity index (χ1) is 8.40. The number of aromatic nitrogens is 1. The summed E-state index contributed by atoms with van der Waals surface area (Å²) in [4.78, 5) is 4.21. The lowest BCUT2D eigenvalue weighted by Crippen LogP contribution is -2.18. The summed E-state index contributed by atoms with van der Waals surface area (Å²) >= 11 is 0. The van der Waals surface area contributed by atoms with Gasteiger partial charge < -0.3 is 5.32 Å². The summed E-state index contributed by atoms with van der Waals surface area (Å²) in [6.45, 7) is 0. The second-order valence-corrected chi connectivity index (χ2v) is 5.21. The van der Waals surface area contributed by atoms with Crippen molar-refractivity contribution in [2.45, 2.75) is 51.0 Å². The number of pyridine rings is 1. The number of nitrogens with one attached hydrogen (secondary N) is 1. The van der Waals surface area contributed by atoms with E-state index in [1.165, 1.54) is 50.5 Å². The van der Waals surface area contributed by atoms with E-state index in [9.17, 15) is 0 Å². The third-order valence-corrected chi connectivity index (χ3v) is 4.02. The fraction of sp³-hybridized carbons (Fsp3) is 0.667. The summed E-state index contributed by atoms with van der Waals surface area (Å²) in [5.74, 6) is 0.969. The van der Waals surface area contributed by atoms with Crippen LogP contribution >= 0.6 is 0 Å². The van der Waals surface area contributed by atoms with Gasteiger partial charge >= 0.3 is 0 Å². The average Bonchev–Trinajstić information content (AvgIpc) is 2.42. The lowest BCUT2D eigenvalue weighted by molar-refractivity contribution is 0.317. The van der Waals surface area contributed by atoms with Gasteiger partial charge in [-0.05, 0) is 37.4 Å². The monoisotopic (exact) mass is 232 g/mol. The Morgan fingerprint density at radius 3 is 2.82 bits per heavy atom. The minimum absolute atomic E-state index is 0.477. The van der Waals surface area contributed by atoms with Crippen molar-refractivity contribution in [2.75, 3.05) is 7.05 Å². The molecule has 0 radical (unpaired) electrons. The Morgan fingerprint density at radius 1 is 1.35 bits per heavy atom. The normalized spacial score (nSPS) is 19.1. The summed E-state index contributed by atoms with van der Waals surface area (Å²) in [5, 5.41) is 3.42. The van der Waals surface area contributed by atoms with E-state index in [2.05, 4.69) is 23.4 Å². The first-order valence-electron chi connectivity index (χ1n) is 6.97. The first kappa shape index (κ1) is 12.6. The molecule has 1 aromatic rings. The van der Waals surface area contributed by atoms with Crippen molar-refractivity contribution in [3.63, 3.8) is 0 Å². The van der Waals surface area contributed by atoms with Gasteiger partial charge in [0.2, 0.25) is 0 Å². The third-order valence-electron chi connectivity index (χ3n) is 4.02. The highest BCUT2D eigenvalue weighted by atomic mass is 14.9. The maximum atomic E-state index is 4.21. The molecule has 2 nitrogen and oxygen atoms in total. The Balaban J connectivity index is 1.83. The molecule has 2 heteroatoms. The van der Waals surface area contributed by atoms with Crippen LogP contribution < -0.4 is 5.32 Å². The number of nitrogens with zero attached hydrogens (tertiary/aromatic N) is 1. The van der Waals surface area contributed by atoms with Gasteiger partial charge in [0, 0.05) is 18.4 Å². The molecule has 1 N–H and O–H groups in total. The Labute approximate surface area is 105 Å². The Bertz CT molecular complexity index is 304. The van der Waals surface area contributed by atoms with Gasteiger partial charge in [0.1, 0.15) is 0 Å². The molecule has 0 saturated heterocycles. The van der Waals surface area contributed by atoms with Crippen LogP contribution in [-0.4, -0.2) is 12.0 Å². The standard InChI is InChI=1S/C15H24N2/c1-16-15(14-8-5-11-17-12-14)10-9-13-6-3-2-4-7-13/h5,8,11-13,15-16H,2-4,6-7,9-10H2,1H3. The molecule has 1 aliphatic rings. The van der Waals surface area contributed by atoms with Gasteiger partial charge in [0.25, 0.3) is 0 Å². The largest absolute Gasteiger partial charge is 0.313 e. The quantitative estimate of drug-likeness (QED) is 0.837. The molecule has 1 fully saturated rings. The van der Waals surface area contributed by atoms with Crippen molar-refractivity contribution in [3.8, 4) is 0 Å². The highest BCUT2D eigenvalue weighted by Gasteiger charge is 2.16. The van der Waals surface area contributed by atoms with Crippen molar-refractivity contribution in [3.05, 3.63) is 30.1 Å². The Morgan fingerprint density at radius 2 is 2.18 bits per heavy atom. The lowest BCUT2D eigenvalue weighted by Gasteiger charge is -2.24. The van der Waals surface area contributed by atoms with E-state index in [-0.39, 0.29) is 0 Å². The van der Waals surface area contributed by atoms with Crippen molar-refractivity contribution >= 4 is 0 Å². The topological polar surface area (TPSA) is 24.9 Å². The van der Waals surface area contributed by atoms with E-state index >= 15 is 0 Å². The zero-order valence-corrected chi connectivity index (χ0v) is 10.9. The summed E-state index contributed by atoms with van der Waals surface area (Å²) in [5.41, 5.74) is 1.32. The second kappa shape index (κ2) is 6.75. The summed E-state index contributed by atoms with van der Waals surface area (Å²) in [6, 6.07) is 4.68. The molecule has 0 bridgehead atoms. The number of hydrogen-bond acceptors (Lipinski definition) is 2. The smallest absolute Gasteiger partial charge is 0.0332 e. The molecule has 1 saturated carbocycles. The van der Waals surface area contributed by atoms with Gasteiger partial charge in [-0.2, -0.15) is 0 Å². The lowest BCUT2D eigenvalue weighted by atomic mass is 9.84. The van der Waals surface area contributed by atoms with Gasteiger partial charge in [-0.3, -0.25) is 4.98 Å². The van der Waals surface area contributed by atoms with Gasteiger partial charge in [-0.1, -0.05) is 38.2 Å². The molecule has 1 aromatic heterocycles. The van der Waals surface area contributed by atoms with E-state index in [1.807, 2.05) is 18.5 Å². The van der Waals surface area contributed by atoms with Crippen LogP contribution in [-0.2, 0) is 0 Å². The fourth-order valence-electron chi connectivity index (χ4n) is 2.94. The first-order valence-corrected chi connectivity index (χ1v) is 6.97. The molecule has 1 aliphatic carbocycles. The number of hydrogen-bond donors (Lipinski definition) is 1. The van der Waals surface area contributed by atoms with E-state index in [1.54, 1.807) is 0 Å². The van der Waals surface area contributed by atoms with Crippen LogP contribution in [0.1, 0.15) is 56.6 Å². The molecule has 94 valence electrons. The van der Waals surface area contributed by atoms with Crippen LogP contribution in [0, 0.1) is 5.92 Å².